The van der Waals surface area contributed by atoms with E-state index in [0.717, 1.165) is 32.5 Å². The van der Waals surface area contributed by atoms with Crippen LogP contribution in [0.15, 0.2) is 72.9 Å². The minimum atomic E-state index is 0.611. The summed E-state index contributed by atoms with van der Waals surface area (Å²) in [5.74, 6) is 0. The van der Waals surface area contributed by atoms with E-state index in [1.54, 1.807) is 0 Å². The predicted octanol–water partition coefficient (Wildman–Crippen LogP) is 4.98. The van der Waals surface area contributed by atoms with Gasteiger partial charge in [-0.15, -0.1) is 0 Å². The van der Waals surface area contributed by atoms with Crippen molar-refractivity contribution in [3.63, 3.8) is 0 Å². The number of aromatic nitrogens is 1. The topological polar surface area (TPSA) is 28.2 Å². The Morgan fingerprint density at radius 3 is 2.63 bits per heavy atom. The van der Waals surface area contributed by atoms with E-state index in [9.17, 15) is 0 Å². The van der Waals surface area contributed by atoms with Crippen LogP contribution in [0.3, 0.4) is 0 Å². The third-order valence-corrected chi connectivity index (χ3v) is 6.38. The van der Waals surface area contributed by atoms with Gasteiger partial charge in [-0.3, -0.25) is 4.98 Å². The van der Waals surface area contributed by atoms with Crippen LogP contribution in [0.5, 0.6) is 0 Å². The molecule has 0 radical (unpaired) electrons. The number of benzene rings is 2. The molecule has 3 nitrogen and oxygen atoms in total. The summed E-state index contributed by atoms with van der Waals surface area (Å²) < 4.78 is 0. The second-order valence-corrected chi connectivity index (χ2v) is 8.38. The molecule has 3 aromatic rings. The summed E-state index contributed by atoms with van der Waals surface area (Å²) in [4.78, 5) is 6.96. The third-order valence-electron chi connectivity index (χ3n) is 6.38. The van der Waals surface area contributed by atoms with Crippen molar-refractivity contribution in [2.75, 3.05) is 24.5 Å². The Hall–Kier alpha value is -2.91. The Morgan fingerprint density at radius 2 is 1.80 bits per heavy atom. The second kappa shape index (κ2) is 8.85. The molecule has 1 N–H and O–H groups in total. The van der Waals surface area contributed by atoms with E-state index in [1.807, 2.05) is 12.3 Å². The van der Waals surface area contributed by atoms with Crippen molar-refractivity contribution in [2.24, 2.45) is 0 Å². The Kier molecular flexibility index (Phi) is 5.62. The lowest BCUT2D eigenvalue weighted by molar-refractivity contribution is 0.417. The summed E-state index contributed by atoms with van der Waals surface area (Å²) >= 11 is 0. The molecule has 0 spiro atoms. The van der Waals surface area contributed by atoms with Crippen molar-refractivity contribution in [2.45, 2.75) is 31.7 Å². The van der Waals surface area contributed by atoms with Crippen molar-refractivity contribution in [1.29, 1.82) is 0 Å². The zero-order chi connectivity index (χ0) is 20.2. The van der Waals surface area contributed by atoms with Crippen LogP contribution in [0, 0.1) is 0 Å². The van der Waals surface area contributed by atoms with Crippen LogP contribution in [-0.4, -0.2) is 30.7 Å². The number of nitrogens with zero attached hydrogens (tertiary/aromatic N) is 2. The monoisotopic (exact) mass is 395 g/mol. The van der Waals surface area contributed by atoms with E-state index < -0.39 is 0 Å². The number of pyridine rings is 1. The molecule has 1 saturated heterocycles. The zero-order valence-corrected chi connectivity index (χ0v) is 17.4. The molecule has 2 heterocycles. The third kappa shape index (κ3) is 4.31. The van der Waals surface area contributed by atoms with E-state index in [0.29, 0.717) is 6.04 Å². The van der Waals surface area contributed by atoms with Gasteiger partial charge in [0.05, 0.1) is 0 Å². The summed E-state index contributed by atoms with van der Waals surface area (Å²) in [6.07, 6.45) is 8.66. The van der Waals surface area contributed by atoms with Gasteiger partial charge >= 0.3 is 0 Å². The lowest BCUT2D eigenvalue weighted by atomic mass is 10.0. The van der Waals surface area contributed by atoms with E-state index in [4.69, 9.17) is 0 Å². The van der Waals surface area contributed by atoms with Gasteiger partial charge in [0.15, 0.2) is 0 Å². The van der Waals surface area contributed by atoms with Gasteiger partial charge in [0.2, 0.25) is 0 Å². The highest BCUT2D eigenvalue weighted by molar-refractivity contribution is 5.89. The second-order valence-electron chi connectivity index (χ2n) is 8.38. The average molecular weight is 396 g/mol. The molecule has 0 atom stereocenters. The summed E-state index contributed by atoms with van der Waals surface area (Å²) in [6.45, 7) is 3.24. The molecule has 0 amide bonds. The van der Waals surface area contributed by atoms with Crippen LogP contribution < -0.4 is 10.2 Å². The number of rotatable bonds is 6. The highest BCUT2D eigenvalue weighted by Gasteiger charge is 2.20. The molecule has 30 heavy (non-hydrogen) atoms. The summed E-state index contributed by atoms with van der Waals surface area (Å²) in [6, 6.07) is 24.6. The Morgan fingerprint density at radius 1 is 0.933 bits per heavy atom. The van der Waals surface area contributed by atoms with Gasteiger partial charge in [-0.25, -0.2) is 0 Å². The first-order chi connectivity index (χ1) is 14.8. The van der Waals surface area contributed by atoms with Crippen LogP contribution in [0.1, 0.15) is 35.2 Å². The molecule has 2 aromatic carbocycles. The number of hydrogen-bond acceptors (Lipinski definition) is 3. The predicted molar refractivity (Wildman–Crippen MR) is 126 cm³/mol. The molecule has 0 bridgehead atoms. The molecule has 152 valence electrons. The molecule has 3 heteroatoms. The lowest BCUT2D eigenvalue weighted by Gasteiger charge is -2.34. The van der Waals surface area contributed by atoms with Crippen molar-refractivity contribution in [1.82, 2.24) is 10.3 Å². The SMILES string of the molecule is C1=C(c2cccc(N3CCC(NCCc4ccccn4)CC3)c2)Cc2ccccc21. The minimum absolute atomic E-state index is 0.611. The number of nitrogens with one attached hydrogen (secondary N) is 1. The van der Waals surface area contributed by atoms with Crippen LogP contribution >= 0.6 is 0 Å². The molecule has 1 fully saturated rings. The number of piperidine rings is 1. The molecule has 0 unspecified atom stereocenters. The maximum absolute atomic E-state index is 4.41. The molecule has 0 saturated carbocycles. The van der Waals surface area contributed by atoms with Crippen LogP contribution in [0.4, 0.5) is 5.69 Å². The first kappa shape index (κ1) is 19.1. The fraction of sp³-hybridized carbons (Fsp3) is 0.296. The maximum atomic E-state index is 4.41. The molecule has 1 aliphatic heterocycles. The Labute approximate surface area is 179 Å². The molecule has 1 aromatic heterocycles. The molecule has 1 aliphatic carbocycles. The first-order valence-corrected chi connectivity index (χ1v) is 11.1. The van der Waals surface area contributed by atoms with Crippen molar-refractivity contribution >= 4 is 17.3 Å². The quantitative estimate of drug-likeness (QED) is 0.638. The standard InChI is InChI=1S/C27H29N3/c1-2-7-22-19-24(18-21(22)6-1)23-8-5-10-27(20-23)30-16-12-26(13-17-30)29-15-11-25-9-3-4-14-28-25/h1-10,14,18,20,26,29H,11-13,15-17,19H2. The van der Waals surface area contributed by atoms with Crippen LogP contribution in [-0.2, 0) is 12.8 Å². The van der Waals surface area contributed by atoms with Crippen molar-refractivity contribution in [3.05, 3.63) is 95.3 Å². The summed E-state index contributed by atoms with van der Waals surface area (Å²) in [5, 5.41) is 3.73. The Balaban J connectivity index is 1.16. The lowest BCUT2D eigenvalue weighted by Crippen LogP contribution is -2.43. The first-order valence-electron chi connectivity index (χ1n) is 11.1. The fourth-order valence-electron chi connectivity index (χ4n) is 4.66. The van der Waals surface area contributed by atoms with E-state index in [1.165, 1.54) is 46.5 Å². The smallest absolute Gasteiger partial charge is 0.0416 e. The highest BCUT2D eigenvalue weighted by atomic mass is 15.1. The molecule has 5 rings (SSSR count). The van der Waals surface area contributed by atoms with Gasteiger partial charge < -0.3 is 10.2 Å². The van der Waals surface area contributed by atoms with E-state index in [-0.39, 0.29) is 0 Å². The van der Waals surface area contributed by atoms with Gasteiger partial charge in [-0.1, -0.05) is 48.5 Å². The van der Waals surface area contributed by atoms with Gasteiger partial charge in [0.1, 0.15) is 0 Å². The highest BCUT2D eigenvalue weighted by Crippen LogP contribution is 2.33. The van der Waals surface area contributed by atoms with Gasteiger partial charge in [-0.2, -0.15) is 0 Å². The maximum Gasteiger partial charge on any atom is 0.0416 e. The number of hydrogen-bond donors (Lipinski definition) is 1. The molecule has 2 aliphatic rings. The van der Waals surface area contributed by atoms with Gasteiger partial charge in [-0.05, 0) is 65.8 Å². The average Bonchev–Trinajstić information content (AvgIpc) is 3.25. The van der Waals surface area contributed by atoms with E-state index in [2.05, 4.69) is 81.9 Å². The molecular weight excluding hydrogens is 366 g/mol. The Bertz CT molecular complexity index is 1020. The van der Waals surface area contributed by atoms with Crippen LogP contribution in [0.2, 0.25) is 0 Å². The summed E-state index contributed by atoms with van der Waals surface area (Å²) in [7, 11) is 0. The molecular formula is C27H29N3. The van der Waals surface area contributed by atoms with E-state index >= 15 is 0 Å². The van der Waals surface area contributed by atoms with Gasteiger partial charge in [0, 0.05) is 49.7 Å². The van der Waals surface area contributed by atoms with Gasteiger partial charge in [0.25, 0.3) is 0 Å². The zero-order valence-electron chi connectivity index (χ0n) is 17.4. The number of fused-ring (bicyclic) bond motifs is 1. The fourth-order valence-corrected chi connectivity index (χ4v) is 4.66. The minimum Gasteiger partial charge on any atom is -0.371 e. The van der Waals surface area contributed by atoms with Crippen molar-refractivity contribution in [3.8, 4) is 0 Å². The largest absolute Gasteiger partial charge is 0.371 e. The summed E-state index contributed by atoms with van der Waals surface area (Å²) in [5.41, 5.74) is 8.13. The normalized spacial score (nSPS) is 16.4. The van der Waals surface area contributed by atoms with Crippen molar-refractivity contribution < 1.29 is 0 Å². The van der Waals surface area contributed by atoms with Crippen LogP contribution in [0.25, 0.3) is 11.6 Å². The number of anilines is 1. The number of allylic oxidation sites excluding steroid dienone is 1.